The van der Waals surface area contributed by atoms with Crippen LogP contribution in [-0.4, -0.2) is 18.5 Å². The maximum Gasteiger partial charge on any atom is 0.238 e. The van der Waals surface area contributed by atoms with E-state index in [1.54, 1.807) is 0 Å². The summed E-state index contributed by atoms with van der Waals surface area (Å²) in [6.45, 7) is 0.416. The molecule has 1 amide bonds. The molecule has 0 aliphatic heterocycles. The number of amides is 1. The molecule has 1 aromatic rings. The quantitative estimate of drug-likeness (QED) is 0.753. The van der Waals surface area contributed by atoms with E-state index in [1.165, 1.54) is 12.8 Å². The summed E-state index contributed by atoms with van der Waals surface area (Å²) in [6.07, 6.45) is 2.41. The number of anilines is 1. The molecular weight excluding hydrogens is 176 g/mol. The van der Waals surface area contributed by atoms with Crippen LogP contribution in [0.1, 0.15) is 12.8 Å². The molecule has 0 atom stereocenters. The summed E-state index contributed by atoms with van der Waals surface area (Å²) in [4.78, 5) is 11.4. The monoisotopic (exact) mass is 190 g/mol. The van der Waals surface area contributed by atoms with Gasteiger partial charge in [0, 0.05) is 11.7 Å². The Hall–Kier alpha value is -1.35. The van der Waals surface area contributed by atoms with E-state index in [0.717, 1.165) is 5.69 Å². The van der Waals surface area contributed by atoms with Crippen molar-refractivity contribution in [3.63, 3.8) is 0 Å². The van der Waals surface area contributed by atoms with Gasteiger partial charge in [0.1, 0.15) is 0 Å². The normalized spacial score (nSPS) is 15.1. The van der Waals surface area contributed by atoms with Gasteiger partial charge in [0.15, 0.2) is 0 Å². The largest absolute Gasteiger partial charge is 0.325 e. The fourth-order valence-electron chi connectivity index (χ4n) is 1.25. The van der Waals surface area contributed by atoms with Crippen LogP contribution in [0, 0.1) is 0 Å². The lowest BCUT2D eigenvalue weighted by molar-refractivity contribution is -0.115. The maximum absolute atomic E-state index is 11.4. The number of carbonyl (C=O) groups excluding carboxylic acids is 1. The molecule has 1 aromatic carbocycles. The van der Waals surface area contributed by atoms with Gasteiger partial charge in [-0.05, 0) is 25.0 Å². The molecule has 2 rings (SSSR count). The summed E-state index contributed by atoms with van der Waals surface area (Å²) in [5.74, 6) is 0.0306. The Morgan fingerprint density at radius 2 is 2.00 bits per heavy atom. The molecule has 0 unspecified atom stereocenters. The lowest BCUT2D eigenvalue weighted by atomic mass is 10.3. The summed E-state index contributed by atoms with van der Waals surface area (Å²) >= 11 is 0. The van der Waals surface area contributed by atoms with Gasteiger partial charge in [0.2, 0.25) is 5.91 Å². The van der Waals surface area contributed by atoms with Crippen molar-refractivity contribution in [1.82, 2.24) is 5.32 Å². The van der Waals surface area contributed by atoms with E-state index in [2.05, 4.69) is 10.6 Å². The number of hydrogen-bond donors (Lipinski definition) is 2. The van der Waals surface area contributed by atoms with Crippen LogP contribution in [-0.2, 0) is 4.79 Å². The zero-order valence-electron chi connectivity index (χ0n) is 7.99. The van der Waals surface area contributed by atoms with Gasteiger partial charge in [0.05, 0.1) is 6.54 Å². The maximum atomic E-state index is 11.4. The van der Waals surface area contributed by atoms with Gasteiger partial charge in [0.25, 0.3) is 0 Å². The van der Waals surface area contributed by atoms with E-state index in [9.17, 15) is 4.79 Å². The van der Waals surface area contributed by atoms with Crippen LogP contribution in [0.25, 0.3) is 0 Å². The fourth-order valence-corrected chi connectivity index (χ4v) is 1.25. The van der Waals surface area contributed by atoms with E-state index < -0.39 is 0 Å². The van der Waals surface area contributed by atoms with Crippen molar-refractivity contribution in [2.75, 3.05) is 11.9 Å². The van der Waals surface area contributed by atoms with Crippen molar-refractivity contribution in [2.24, 2.45) is 0 Å². The van der Waals surface area contributed by atoms with Crippen LogP contribution in [0.2, 0.25) is 0 Å². The highest BCUT2D eigenvalue weighted by Gasteiger charge is 2.20. The number of carbonyl (C=O) groups is 1. The van der Waals surface area contributed by atoms with Crippen molar-refractivity contribution >= 4 is 11.6 Å². The molecule has 0 heterocycles. The van der Waals surface area contributed by atoms with Gasteiger partial charge < -0.3 is 10.6 Å². The zero-order chi connectivity index (χ0) is 9.80. The molecule has 0 aromatic heterocycles. The number of benzene rings is 1. The Balaban J connectivity index is 1.76. The third-order valence-electron chi connectivity index (χ3n) is 2.19. The molecule has 1 aliphatic carbocycles. The molecule has 0 bridgehead atoms. The Bertz CT molecular complexity index is 306. The van der Waals surface area contributed by atoms with Crippen molar-refractivity contribution in [2.45, 2.75) is 18.9 Å². The summed E-state index contributed by atoms with van der Waals surface area (Å²) in [6, 6.07) is 10.1. The molecule has 2 N–H and O–H groups in total. The van der Waals surface area contributed by atoms with Gasteiger partial charge in [-0.2, -0.15) is 0 Å². The predicted octanol–water partition coefficient (Wildman–Crippen LogP) is 1.38. The number of hydrogen-bond acceptors (Lipinski definition) is 2. The molecule has 3 heteroatoms. The first kappa shape index (κ1) is 9.21. The van der Waals surface area contributed by atoms with Crippen molar-refractivity contribution in [1.29, 1.82) is 0 Å². The standard InChI is InChI=1S/C11H14N2O/c14-11(8-12-9-6-7-9)13-10-4-2-1-3-5-10/h1-5,9,12H,6-8H2,(H,13,14). The van der Waals surface area contributed by atoms with Crippen LogP contribution in [0.4, 0.5) is 5.69 Å². The minimum absolute atomic E-state index is 0.0306. The lowest BCUT2D eigenvalue weighted by Gasteiger charge is -2.05. The molecule has 0 spiro atoms. The molecule has 0 radical (unpaired) electrons. The highest BCUT2D eigenvalue weighted by atomic mass is 16.1. The van der Waals surface area contributed by atoms with E-state index in [0.29, 0.717) is 12.6 Å². The highest BCUT2D eigenvalue weighted by Crippen LogP contribution is 2.18. The number of nitrogens with one attached hydrogen (secondary N) is 2. The molecule has 14 heavy (non-hydrogen) atoms. The van der Waals surface area contributed by atoms with Gasteiger partial charge in [-0.15, -0.1) is 0 Å². The van der Waals surface area contributed by atoms with E-state index in [-0.39, 0.29) is 5.91 Å². The predicted molar refractivity (Wildman–Crippen MR) is 56.1 cm³/mol. The summed E-state index contributed by atoms with van der Waals surface area (Å²) < 4.78 is 0. The minimum atomic E-state index is 0.0306. The molecule has 1 saturated carbocycles. The van der Waals surface area contributed by atoms with Crippen LogP contribution in [0.3, 0.4) is 0 Å². The number of rotatable bonds is 4. The summed E-state index contributed by atoms with van der Waals surface area (Å²) in [5, 5.41) is 5.99. The van der Waals surface area contributed by atoms with Crippen LogP contribution in [0.15, 0.2) is 30.3 Å². The Morgan fingerprint density at radius 3 is 2.64 bits per heavy atom. The van der Waals surface area contributed by atoms with Gasteiger partial charge in [-0.1, -0.05) is 18.2 Å². The van der Waals surface area contributed by atoms with Crippen molar-refractivity contribution < 1.29 is 4.79 Å². The Morgan fingerprint density at radius 1 is 1.29 bits per heavy atom. The first-order valence-electron chi connectivity index (χ1n) is 4.93. The van der Waals surface area contributed by atoms with Gasteiger partial charge >= 0.3 is 0 Å². The van der Waals surface area contributed by atoms with E-state index >= 15 is 0 Å². The van der Waals surface area contributed by atoms with Crippen LogP contribution in [0.5, 0.6) is 0 Å². The van der Waals surface area contributed by atoms with E-state index in [1.807, 2.05) is 30.3 Å². The topological polar surface area (TPSA) is 41.1 Å². The molecule has 1 aliphatic rings. The van der Waals surface area contributed by atoms with Gasteiger partial charge in [-0.25, -0.2) is 0 Å². The second-order valence-electron chi connectivity index (χ2n) is 3.57. The average Bonchev–Trinajstić information content (AvgIpc) is 3.00. The van der Waals surface area contributed by atoms with Crippen molar-refractivity contribution in [3.05, 3.63) is 30.3 Å². The molecule has 0 saturated heterocycles. The SMILES string of the molecule is O=C(CNC1CC1)Nc1ccccc1. The van der Waals surface area contributed by atoms with E-state index in [4.69, 9.17) is 0 Å². The highest BCUT2D eigenvalue weighted by molar-refractivity contribution is 5.92. The average molecular weight is 190 g/mol. The zero-order valence-corrected chi connectivity index (χ0v) is 7.99. The van der Waals surface area contributed by atoms with Gasteiger partial charge in [-0.3, -0.25) is 4.79 Å². The lowest BCUT2D eigenvalue weighted by Crippen LogP contribution is -2.29. The van der Waals surface area contributed by atoms with Crippen LogP contribution >= 0.6 is 0 Å². The first-order chi connectivity index (χ1) is 6.84. The minimum Gasteiger partial charge on any atom is -0.325 e. The number of para-hydroxylation sites is 1. The smallest absolute Gasteiger partial charge is 0.238 e. The second-order valence-corrected chi connectivity index (χ2v) is 3.57. The van der Waals surface area contributed by atoms with Crippen molar-refractivity contribution in [3.8, 4) is 0 Å². The van der Waals surface area contributed by atoms with Crippen LogP contribution < -0.4 is 10.6 Å². The Kier molecular flexibility index (Phi) is 2.79. The summed E-state index contributed by atoms with van der Waals surface area (Å²) in [5.41, 5.74) is 0.857. The molecule has 1 fully saturated rings. The molecular formula is C11H14N2O. The molecule has 3 nitrogen and oxygen atoms in total. The molecule has 74 valence electrons. The fraction of sp³-hybridized carbons (Fsp3) is 0.364. The first-order valence-corrected chi connectivity index (χ1v) is 4.93. The summed E-state index contributed by atoms with van der Waals surface area (Å²) in [7, 11) is 0. The Labute approximate surface area is 83.5 Å². The third kappa shape index (κ3) is 2.85. The second kappa shape index (κ2) is 4.24. The third-order valence-corrected chi connectivity index (χ3v) is 2.19.